The Morgan fingerprint density at radius 1 is 1.07 bits per heavy atom. The van der Waals surface area contributed by atoms with Gasteiger partial charge in [0.2, 0.25) is 5.88 Å². The second-order valence-corrected chi connectivity index (χ2v) is 7.39. The summed E-state index contributed by atoms with van der Waals surface area (Å²) in [6, 6.07) is 17.5. The third-order valence-corrected chi connectivity index (χ3v) is 5.12. The van der Waals surface area contributed by atoms with E-state index in [1.54, 1.807) is 23.7 Å². The van der Waals surface area contributed by atoms with Crippen molar-refractivity contribution < 1.29 is 4.74 Å². The molecule has 0 atom stereocenters. The summed E-state index contributed by atoms with van der Waals surface area (Å²) in [4.78, 5) is 13.2. The van der Waals surface area contributed by atoms with Gasteiger partial charge in [0.25, 0.3) is 0 Å². The molecule has 6 nitrogen and oxygen atoms in total. The number of ether oxygens (including phenoxy) is 1. The Labute approximate surface area is 178 Å². The van der Waals surface area contributed by atoms with Gasteiger partial charge in [0.15, 0.2) is 0 Å². The number of thiazole rings is 1. The highest BCUT2D eigenvalue weighted by Crippen LogP contribution is 2.34. The van der Waals surface area contributed by atoms with Crippen LogP contribution in [0.4, 0.5) is 0 Å². The third-order valence-electron chi connectivity index (χ3n) is 4.53. The van der Waals surface area contributed by atoms with Gasteiger partial charge >= 0.3 is 0 Å². The molecule has 0 aliphatic carbocycles. The van der Waals surface area contributed by atoms with E-state index in [0.29, 0.717) is 35.3 Å². The monoisotopic (exact) mass is 413 g/mol. The minimum absolute atomic E-state index is 0.404. The summed E-state index contributed by atoms with van der Waals surface area (Å²) < 4.78 is 6.16. The topological polar surface area (TPSA) is 97.7 Å². The Hall–Kier alpha value is -3.60. The molecule has 2 heterocycles. The lowest BCUT2D eigenvalue weighted by Gasteiger charge is -2.13. The Balaban J connectivity index is 1.73. The Morgan fingerprint density at radius 2 is 1.90 bits per heavy atom. The molecular weight excluding hydrogens is 394 g/mol. The van der Waals surface area contributed by atoms with E-state index >= 15 is 0 Å². The maximum absolute atomic E-state index is 9.35. The zero-order chi connectivity index (χ0) is 20.9. The van der Waals surface area contributed by atoms with Gasteiger partial charge in [-0.05, 0) is 49.2 Å². The predicted molar refractivity (Wildman–Crippen MR) is 117 cm³/mol. The summed E-state index contributed by atoms with van der Waals surface area (Å²) in [7, 11) is 0. The van der Waals surface area contributed by atoms with E-state index in [0.717, 1.165) is 23.2 Å². The lowest BCUT2D eigenvalue weighted by Crippen LogP contribution is -2.02. The van der Waals surface area contributed by atoms with E-state index < -0.39 is 0 Å². The number of aryl methyl sites for hydroxylation is 1. The molecule has 7 heteroatoms. The van der Waals surface area contributed by atoms with Crippen LogP contribution in [0.2, 0.25) is 0 Å². The lowest BCUT2D eigenvalue weighted by molar-refractivity contribution is 0.461. The molecule has 30 heavy (non-hydrogen) atoms. The van der Waals surface area contributed by atoms with Crippen molar-refractivity contribution in [1.29, 1.82) is 5.26 Å². The molecule has 0 bridgehead atoms. The summed E-state index contributed by atoms with van der Waals surface area (Å²) in [5.41, 5.74) is 12.4. The Morgan fingerprint density at radius 3 is 2.60 bits per heavy atom. The number of hydrogen-bond acceptors (Lipinski definition) is 7. The molecule has 0 spiro atoms. The molecule has 2 N–H and O–H groups in total. The van der Waals surface area contributed by atoms with Crippen LogP contribution in [0.3, 0.4) is 0 Å². The van der Waals surface area contributed by atoms with Crippen LogP contribution in [-0.2, 0) is 6.42 Å². The van der Waals surface area contributed by atoms with Crippen LogP contribution in [0.15, 0.2) is 59.4 Å². The van der Waals surface area contributed by atoms with Crippen LogP contribution in [0.5, 0.6) is 11.6 Å². The highest BCUT2D eigenvalue weighted by Gasteiger charge is 2.13. The number of rotatable bonds is 6. The van der Waals surface area contributed by atoms with E-state index in [1.807, 2.05) is 30.5 Å². The highest BCUT2D eigenvalue weighted by molar-refractivity contribution is 7.07. The molecule has 2 aromatic heterocycles. The van der Waals surface area contributed by atoms with Crippen molar-refractivity contribution in [2.24, 2.45) is 5.73 Å². The fourth-order valence-corrected chi connectivity index (χ4v) is 3.65. The van der Waals surface area contributed by atoms with Gasteiger partial charge in [0.05, 0.1) is 28.5 Å². The summed E-state index contributed by atoms with van der Waals surface area (Å²) in [5.74, 6) is 1.55. The van der Waals surface area contributed by atoms with Gasteiger partial charge in [-0.3, -0.25) is 0 Å². The number of nitrogens with zero attached hydrogens (tertiary/aromatic N) is 4. The van der Waals surface area contributed by atoms with Crippen LogP contribution in [-0.4, -0.2) is 21.5 Å². The van der Waals surface area contributed by atoms with E-state index in [4.69, 9.17) is 10.5 Å². The van der Waals surface area contributed by atoms with Crippen molar-refractivity contribution in [3.8, 4) is 40.2 Å². The molecule has 0 saturated carbocycles. The molecule has 0 radical (unpaired) electrons. The number of hydrogen-bond donors (Lipinski definition) is 1. The van der Waals surface area contributed by atoms with E-state index in [1.165, 1.54) is 16.9 Å². The second kappa shape index (κ2) is 8.82. The van der Waals surface area contributed by atoms with Crippen molar-refractivity contribution in [2.75, 3.05) is 6.54 Å². The second-order valence-electron chi connectivity index (χ2n) is 6.67. The van der Waals surface area contributed by atoms with Gasteiger partial charge in [-0.25, -0.2) is 9.97 Å². The molecule has 0 amide bonds. The average molecular weight is 414 g/mol. The van der Waals surface area contributed by atoms with Crippen molar-refractivity contribution in [3.63, 3.8) is 0 Å². The van der Waals surface area contributed by atoms with Gasteiger partial charge in [0.1, 0.15) is 11.6 Å². The quantitative estimate of drug-likeness (QED) is 0.490. The van der Waals surface area contributed by atoms with Crippen molar-refractivity contribution >= 4 is 11.3 Å². The maximum Gasteiger partial charge on any atom is 0.223 e. The van der Waals surface area contributed by atoms with Gasteiger partial charge in [0, 0.05) is 17.0 Å². The molecule has 0 fully saturated rings. The number of nitrogens with two attached hydrogens (primary N) is 1. The molecule has 4 rings (SSSR count). The molecule has 2 aromatic carbocycles. The van der Waals surface area contributed by atoms with Crippen LogP contribution in [0.25, 0.3) is 22.5 Å². The zero-order valence-corrected chi connectivity index (χ0v) is 17.2. The van der Waals surface area contributed by atoms with E-state index in [9.17, 15) is 5.26 Å². The fourth-order valence-electron chi connectivity index (χ4n) is 3.11. The Kier molecular flexibility index (Phi) is 5.80. The first-order valence-electron chi connectivity index (χ1n) is 9.42. The summed E-state index contributed by atoms with van der Waals surface area (Å²) in [5, 5.41) is 11.3. The fraction of sp³-hybridized carbons (Fsp3) is 0.130. The normalized spacial score (nSPS) is 10.6. The van der Waals surface area contributed by atoms with Crippen molar-refractivity contribution in [1.82, 2.24) is 15.0 Å². The van der Waals surface area contributed by atoms with Crippen LogP contribution in [0, 0.1) is 18.3 Å². The third kappa shape index (κ3) is 4.35. The summed E-state index contributed by atoms with van der Waals surface area (Å²) >= 11 is 1.50. The van der Waals surface area contributed by atoms with Crippen LogP contribution in [0.1, 0.15) is 17.0 Å². The minimum Gasteiger partial charge on any atom is -0.438 e. The average Bonchev–Trinajstić information content (AvgIpc) is 3.29. The summed E-state index contributed by atoms with van der Waals surface area (Å²) in [6.45, 7) is 2.42. The molecular formula is C23H19N5OS. The lowest BCUT2D eigenvalue weighted by atomic mass is 10.0. The molecule has 148 valence electrons. The molecule has 0 aliphatic heterocycles. The number of nitriles is 1. The number of aromatic nitrogens is 3. The first kappa shape index (κ1) is 19.7. The maximum atomic E-state index is 9.35. The predicted octanol–water partition coefficient (Wildman–Crippen LogP) is 4.74. The smallest absolute Gasteiger partial charge is 0.223 e. The van der Waals surface area contributed by atoms with Crippen LogP contribution < -0.4 is 10.5 Å². The van der Waals surface area contributed by atoms with Gasteiger partial charge in [-0.1, -0.05) is 24.3 Å². The van der Waals surface area contributed by atoms with Crippen molar-refractivity contribution in [2.45, 2.75) is 13.3 Å². The molecule has 4 aromatic rings. The first-order chi connectivity index (χ1) is 14.7. The standard InChI is InChI=1S/C23H19N5OS/c1-15-27-20(21-13-30-14-26-21)11-23(28-15)29-22-10-17(12-25)4-7-19(22)18-5-2-16(3-6-18)8-9-24/h2-7,10-11,13-14H,8-9,24H2,1H3. The minimum atomic E-state index is 0.404. The van der Waals surface area contributed by atoms with Gasteiger partial charge < -0.3 is 10.5 Å². The Bertz CT molecular complexity index is 1200. The number of benzene rings is 2. The summed E-state index contributed by atoms with van der Waals surface area (Å²) in [6.07, 6.45) is 0.830. The molecule has 0 saturated heterocycles. The van der Waals surface area contributed by atoms with Gasteiger partial charge in [-0.2, -0.15) is 10.2 Å². The molecule has 0 unspecified atom stereocenters. The zero-order valence-electron chi connectivity index (χ0n) is 16.4. The van der Waals surface area contributed by atoms with Gasteiger partial charge in [-0.15, -0.1) is 11.3 Å². The largest absolute Gasteiger partial charge is 0.438 e. The van der Waals surface area contributed by atoms with E-state index in [2.05, 4.69) is 33.2 Å². The molecule has 0 aliphatic rings. The van der Waals surface area contributed by atoms with E-state index in [-0.39, 0.29) is 0 Å². The van der Waals surface area contributed by atoms with Crippen molar-refractivity contribution in [3.05, 3.63) is 76.4 Å². The highest BCUT2D eigenvalue weighted by atomic mass is 32.1. The van der Waals surface area contributed by atoms with Crippen LogP contribution >= 0.6 is 11.3 Å². The SMILES string of the molecule is Cc1nc(Oc2cc(C#N)ccc2-c2ccc(CCN)cc2)cc(-c2cscn2)n1. The first-order valence-corrected chi connectivity index (χ1v) is 10.4.